The van der Waals surface area contributed by atoms with Crippen molar-refractivity contribution in [3.8, 4) is 0 Å². The van der Waals surface area contributed by atoms with E-state index in [4.69, 9.17) is 0 Å². The zero-order valence-corrected chi connectivity index (χ0v) is 10.3. The fourth-order valence-corrected chi connectivity index (χ4v) is 2.98. The van der Waals surface area contributed by atoms with Crippen LogP contribution >= 0.6 is 0 Å². The first-order valence-electron chi connectivity index (χ1n) is 6.96. The summed E-state index contributed by atoms with van der Waals surface area (Å²) in [7, 11) is 0. The first-order chi connectivity index (χ1) is 7.86. The van der Waals surface area contributed by atoms with Crippen molar-refractivity contribution in [1.82, 2.24) is 10.6 Å². The smallest absolute Gasteiger partial charge is 0.0580 e. The van der Waals surface area contributed by atoms with Crippen LogP contribution in [-0.2, 0) is 0 Å². The molecule has 3 heteroatoms. The lowest BCUT2D eigenvalue weighted by Crippen LogP contribution is -2.38. The first kappa shape index (κ1) is 12.3. The highest BCUT2D eigenvalue weighted by Crippen LogP contribution is 2.23. The fraction of sp³-hybridized carbons (Fsp3) is 1.00. The van der Waals surface area contributed by atoms with E-state index in [9.17, 15) is 5.11 Å². The topological polar surface area (TPSA) is 44.3 Å². The molecule has 2 atom stereocenters. The van der Waals surface area contributed by atoms with Gasteiger partial charge in [0.2, 0.25) is 0 Å². The van der Waals surface area contributed by atoms with Crippen LogP contribution in [0.4, 0.5) is 0 Å². The Morgan fingerprint density at radius 3 is 2.50 bits per heavy atom. The summed E-state index contributed by atoms with van der Waals surface area (Å²) < 4.78 is 0. The van der Waals surface area contributed by atoms with Crippen LogP contribution in [0.25, 0.3) is 0 Å². The molecule has 0 aromatic heterocycles. The average Bonchev–Trinajstić information content (AvgIpc) is 2.33. The number of hydrogen-bond acceptors (Lipinski definition) is 3. The number of aliphatic hydroxyl groups is 1. The number of hydrogen-bond donors (Lipinski definition) is 3. The third-order valence-electron chi connectivity index (χ3n) is 4.17. The van der Waals surface area contributed by atoms with Gasteiger partial charge in [0.05, 0.1) is 6.10 Å². The molecule has 0 aromatic rings. The molecule has 0 bridgehead atoms. The quantitative estimate of drug-likeness (QED) is 0.673. The van der Waals surface area contributed by atoms with Crippen molar-refractivity contribution in [3.63, 3.8) is 0 Å². The summed E-state index contributed by atoms with van der Waals surface area (Å²) in [6.07, 6.45) is 7.30. The van der Waals surface area contributed by atoms with E-state index in [0.29, 0.717) is 5.92 Å². The van der Waals surface area contributed by atoms with Crippen LogP contribution in [0.5, 0.6) is 0 Å². The van der Waals surface area contributed by atoms with E-state index in [0.717, 1.165) is 25.4 Å². The lowest BCUT2D eigenvalue weighted by atomic mass is 9.86. The summed E-state index contributed by atoms with van der Waals surface area (Å²) in [5.41, 5.74) is 0. The Bertz CT molecular complexity index is 192. The molecule has 3 N–H and O–H groups in total. The Kier molecular flexibility index (Phi) is 5.07. The third-order valence-corrected chi connectivity index (χ3v) is 4.17. The molecular formula is C13H26N2O. The number of rotatable bonds is 4. The lowest BCUT2D eigenvalue weighted by Gasteiger charge is -2.29. The summed E-state index contributed by atoms with van der Waals surface area (Å²) in [5.74, 6) is 1.36. The lowest BCUT2D eigenvalue weighted by molar-refractivity contribution is 0.0689. The second-order valence-electron chi connectivity index (χ2n) is 5.46. The minimum atomic E-state index is -0.0470. The van der Waals surface area contributed by atoms with Crippen molar-refractivity contribution < 1.29 is 5.11 Å². The normalized spacial score (nSPS) is 32.8. The molecule has 2 aliphatic rings. The maximum atomic E-state index is 9.86. The van der Waals surface area contributed by atoms with Gasteiger partial charge in [0.25, 0.3) is 0 Å². The van der Waals surface area contributed by atoms with Gasteiger partial charge in [-0.2, -0.15) is 0 Å². The van der Waals surface area contributed by atoms with Crippen LogP contribution < -0.4 is 10.6 Å². The van der Waals surface area contributed by atoms with E-state index in [1.165, 1.54) is 45.2 Å². The fourth-order valence-electron chi connectivity index (χ4n) is 2.98. The van der Waals surface area contributed by atoms with Crippen LogP contribution in [-0.4, -0.2) is 37.4 Å². The van der Waals surface area contributed by atoms with Gasteiger partial charge >= 0.3 is 0 Å². The van der Waals surface area contributed by atoms with Gasteiger partial charge in [-0.15, -0.1) is 0 Å². The molecule has 94 valence electrons. The summed E-state index contributed by atoms with van der Waals surface area (Å²) >= 11 is 0. The molecule has 0 radical (unpaired) electrons. The average molecular weight is 226 g/mol. The maximum Gasteiger partial charge on any atom is 0.0580 e. The van der Waals surface area contributed by atoms with Gasteiger partial charge in [-0.3, -0.25) is 0 Å². The van der Waals surface area contributed by atoms with Crippen molar-refractivity contribution in [2.75, 3.05) is 26.2 Å². The predicted molar refractivity (Wildman–Crippen MR) is 66.4 cm³/mol. The van der Waals surface area contributed by atoms with Crippen molar-refractivity contribution in [2.45, 2.75) is 44.6 Å². The second kappa shape index (κ2) is 6.58. The van der Waals surface area contributed by atoms with Gasteiger partial charge in [-0.05, 0) is 57.2 Å². The van der Waals surface area contributed by atoms with E-state index >= 15 is 0 Å². The molecule has 0 spiro atoms. The summed E-state index contributed by atoms with van der Waals surface area (Å²) in [5, 5.41) is 16.8. The van der Waals surface area contributed by atoms with Gasteiger partial charge in [0.1, 0.15) is 0 Å². The van der Waals surface area contributed by atoms with Crippen molar-refractivity contribution in [1.29, 1.82) is 0 Å². The van der Waals surface area contributed by atoms with Gasteiger partial charge in [0, 0.05) is 6.54 Å². The van der Waals surface area contributed by atoms with Crippen LogP contribution in [0, 0.1) is 11.8 Å². The van der Waals surface area contributed by atoms with E-state index in [2.05, 4.69) is 10.6 Å². The van der Waals surface area contributed by atoms with E-state index in [1.807, 2.05) is 0 Å². The third kappa shape index (κ3) is 3.72. The minimum absolute atomic E-state index is 0.0470. The van der Waals surface area contributed by atoms with E-state index in [-0.39, 0.29) is 6.10 Å². The molecule has 0 aromatic carbocycles. The molecule has 1 aliphatic heterocycles. The summed E-state index contributed by atoms with van der Waals surface area (Å²) in [4.78, 5) is 0. The zero-order valence-electron chi connectivity index (χ0n) is 10.3. The van der Waals surface area contributed by atoms with Crippen LogP contribution in [0.1, 0.15) is 38.5 Å². The zero-order chi connectivity index (χ0) is 11.2. The number of piperidine rings is 1. The van der Waals surface area contributed by atoms with Gasteiger partial charge in [-0.25, -0.2) is 0 Å². The molecular weight excluding hydrogens is 200 g/mol. The molecule has 2 unspecified atom stereocenters. The summed E-state index contributed by atoms with van der Waals surface area (Å²) in [6, 6.07) is 0. The first-order valence-corrected chi connectivity index (χ1v) is 6.96. The van der Waals surface area contributed by atoms with E-state index < -0.39 is 0 Å². The molecule has 2 fully saturated rings. The maximum absolute atomic E-state index is 9.86. The highest BCUT2D eigenvalue weighted by Gasteiger charge is 2.22. The number of aliphatic hydroxyl groups excluding tert-OH is 1. The second-order valence-corrected chi connectivity index (χ2v) is 5.46. The van der Waals surface area contributed by atoms with Crippen molar-refractivity contribution >= 4 is 0 Å². The Hall–Kier alpha value is -0.120. The SMILES string of the molecule is OC1CCCCC1CNCC1CCNCC1. The van der Waals surface area contributed by atoms with Gasteiger partial charge < -0.3 is 15.7 Å². The Morgan fingerprint density at radius 1 is 1.00 bits per heavy atom. The highest BCUT2D eigenvalue weighted by molar-refractivity contribution is 4.77. The Labute approximate surface area is 99.0 Å². The van der Waals surface area contributed by atoms with Crippen LogP contribution in [0.2, 0.25) is 0 Å². The van der Waals surface area contributed by atoms with Gasteiger partial charge in [-0.1, -0.05) is 12.8 Å². The van der Waals surface area contributed by atoms with E-state index in [1.54, 1.807) is 0 Å². The van der Waals surface area contributed by atoms with Crippen molar-refractivity contribution in [2.24, 2.45) is 11.8 Å². The van der Waals surface area contributed by atoms with Crippen LogP contribution in [0.15, 0.2) is 0 Å². The molecule has 1 aliphatic carbocycles. The molecule has 0 amide bonds. The monoisotopic (exact) mass is 226 g/mol. The Balaban J connectivity index is 1.59. The molecule has 2 rings (SSSR count). The highest BCUT2D eigenvalue weighted by atomic mass is 16.3. The molecule has 1 saturated carbocycles. The van der Waals surface area contributed by atoms with Gasteiger partial charge in [0.15, 0.2) is 0 Å². The predicted octanol–water partition coefficient (Wildman–Crippen LogP) is 1.13. The number of nitrogens with one attached hydrogen (secondary N) is 2. The van der Waals surface area contributed by atoms with Crippen molar-refractivity contribution in [3.05, 3.63) is 0 Å². The molecule has 1 heterocycles. The largest absolute Gasteiger partial charge is 0.393 e. The van der Waals surface area contributed by atoms with Crippen LogP contribution in [0.3, 0.4) is 0 Å². The Morgan fingerprint density at radius 2 is 1.75 bits per heavy atom. The molecule has 3 nitrogen and oxygen atoms in total. The standard InChI is InChI=1S/C13H26N2O/c16-13-4-2-1-3-12(13)10-15-9-11-5-7-14-8-6-11/h11-16H,1-10H2. The minimum Gasteiger partial charge on any atom is -0.393 e. The molecule has 16 heavy (non-hydrogen) atoms. The summed E-state index contributed by atoms with van der Waals surface area (Å²) in [6.45, 7) is 4.52. The molecule has 1 saturated heterocycles.